The predicted molar refractivity (Wildman–Crippen MR) is 53.4 cm³/mol. The summed E-state index contributed by atoms with van der Waals surface area (Å²) in [5, 5.41) is 10.0. The van der Waals surface area contributed by atoms with Crippen LogP contribution in [0.2, 0.25) is 0 Å². The van der Waals surface area contributed by atoms with Crippen molar-refractivity contribution in [3.05, 3.63) is 48.0 Å². The van der Waals surface area contributed by atoms with Gasteiger partial charge in [0.05, 0.1) is 5.69 Å². The molecule has 4 nitrogen and oxygen atoms in total. The van der Waals surface area contributed by atoms with Crippen LogP contribution < -0.4 is 5.32 Å². The molecular weight excluding hydrogens is 176 g/mol. The fourth-order valence-corrected chi connectivity index (χ4v) is 1.21. The molecule has 2 aromatic rings. The Hall–Kier alpha value is -1.68. The van der Waals surface area contributed by atoms with E-state index in [1.54, 1.807) is 12.4 Å². The molecular formula is C10H12N4. The Kier molecular flexibility index (Phi) is 2.88. The highest BCUT2D eigenvalue weighted by molar-refractivity contribution is 5.03. The summed E-state index contributed by atoms with van der Waals surface area (Å²) in [6.45, 7) is 1.57. The number of pyridine rings is 1. The van der Waals surface area contributed by atoms with Crippen LogP contribution >= 0.6 is 0 Å². The van der Waals surface area contributed by atoms with E-state index in [1.807, 2.05) is 24.3 Å². The van der Waals surface area contributed by atoms with E-state index >= 15 is 0 Å². The third-order valence-electron chi connectivity index (χ3n) is 1.91. The van der Waals surface area contributed by atoms with E-state index in [0.29, 0.717) is 0 Å². The quantitative estimate of drug-likeness (QED) is 0.755. The third kappa shape index (κ3) is 2.40. The fraction of sp³-hybridized carbons (Fsp3) is 0.200. The van der Waals surface area contributed by atoms with Crippen molar-refractivity contribution in [2.45, 2.75) is 13.1 Å². The summed E-state index contributed by atoms with van der Waals surface area (Å²) in [5.41, 5.74) is 2.13. The normalized spacial score (nSPS) is 10.3. The Morgan fingerprint density at radius 2 is 2.14 bits per heavy atom. The second kappa shape index (κ2) is 4.53. The van der Waals surface area contributed by atoms with Crippen molar-refractivity contribution >= 4 is 0 Å². The number of nitrogens with zero attached hydrogens (tertiary/aromatic N) is 2. The van der Waals surface area contributed by atoms with Gasteiger partial charge in [0.25, 0.3) is 0 Å². The molecule has 0 aliphatic heterocycles. The van der Waals surface area contributed by atoms with Crippen LogP contribution in [0.25, 0.3) is 0 Å². The largest absolute Gasteiger partial charge is 0.306 e. The van der Waals surface area contributed by atoms with E-state index in [1.165, 1.54) is 0 Å². The summed E-state index contributed by atoms with van der Waals surface area (Å²) in [6.07, 6.45) is 3.55. The van der Waals surface area contributed by atoms with Gasteiger partial charge in [0, 0.05) is 31.2 Å². The van der Waals surface area contributed by atoms with Gasteiger partial charge in [-0.05, 0) is 18.2 Å². The van der Waals surface area contributed by atoms with Crippen LogP contribution in [-0.4, -0.2) is 15.2 Å². The van der Waals surface area contributed by atoms with Gasteiger partial charge < -0.3 is 5.32 Å². The molecule has 0 saturated carbocycles. The second-order valence-electron chi connectivity index (χ2n) is 3.01. The second-order valence-corrected chi connectivity index (χ2v) is 3.01. The lowest BCUT2D eigenvalue weighted by atomic mass is 10.3. The first-order valence-electron chi connectivity index (χ1n) is 4.54. The van der Waals surface area contributed by atoms with Crippen LogP contribution in [0.15, 0.2) is 36.7 Å². The van der Waals surface area contributed by atoms with Crippen molar-refractivity contribution in [2.24, 2.45) is 0 Å². The van der Waals surface area contributed by atoms with Crippen molar-refractivity contribution in [3.8, 4) is 0 Å². The maximum absolute atomic E-state index is 4.21. The lowest BCUT2D eigenvalue weighted by Crippen LogP contribution is -2.13. The van der Waals surface area contributed by atoms with Gasteiger partial charge in [-0.3, -0.25) is 10.1 Å². The number of hydrogen-bond acceptors (Lipinski definition) is 3. The van der Waals surface area contributed by atoms with Crippen molar-refractivity contribution in [1.29, 1.82) is 0 Å². The van der Waals surface area contributed by atoms with Crippen molar-refractivity contribution in [2.75, 3.05) is 0 Å². The molecule has 2 heterocycles. The molecule has 0 bridgehead atoms. The smallest absolute Gasteiger partial charge is 0.0541 e. The third-order valence-corrected chi connectivity index (χ3v) is 1.91. The van der Waals surface area contributed by atoms with Gasteiger partial charge in [0.15, 0.2) is 0 Å². The van der Waals surface area contributed by atoms with Crippen LogP contribution in [0, 0.1) is 0 Å². The molecule has 0 amide bonds. The number of H-pyrrole nitrogens is 1. The van der Waals surface area contributed by atoms with Gasteiger partial charge in [-0.2, -0.15) is 5.10 Å². The standard InChI is InChI=1S/C10H12N4/c1-2-5-12-9(3-1)7-11-8-10-4-6-13-14-10/h1-6,11H,7-8H2,(H,13,14). The van der Waals surface area contributed by atoms with Crippen LogP contribution in [0.4, 0.5) is 0 Å². The minimum atomic E-state index is 0.778. The molecule has 0 aromatic carbocycles. The topological polar surface area (TPSA) is 53.6 Å². The average molecular weight is 188 g/mol. The van der Waals surface area contributed by atoms with E-state index in [-0.39, 0.29) is 0 Å². The number of rotatable bonds is 4. The zero-order chi connectivity index (χ0) is 9.64. The Balaban J connectivity index is 1.79. The monoisotopic (exact) mass is 188 g/mol. The van der Waals surface area contributed by atoms with Gasteiger partial charge in [-0.25, -0.2) is 0 Å². The maximum atomic E-state index is 4.21. The fourth-order valence-electron chi connectivity index (χ4n) is 1.21. The Labute approximate surface area is 82.4 Å². The average Bonchev–Trinajstić information content (AvgIpc) is 2.72. The van der Waals surface area contributed by atoms with Crippen molar-refractivity contribution in [3.63, 3.8) is 0 Å². The summed E-state index contributed by atoms with van der Waals surface area (Å²) >= 11 is 0. The van der Waals surface area contributed by atoms with Gasteiger partial charge in [0.2, 0.25) is 0 Å². The summed E-state index contributed by atoms with van der Waals surface area (Å²) in [6, 6.07) is 7.85. The Morgan fingerprint density at radius 1 is 1.14 bits per heavy atom. The molecule has 0 fully saturated rings. The van der Waals surface area contributed by atoms with Gasteiger partial charge in [-0.15, -0.1) is 0 Å². The molecule has 72 valence electrons. The molecule has 2 aromatic heterocycles. The molecule has 4 heteroatoms. The number of aromatic nitrogens is 3. The van der Waals surface area contributed by atoms with Gasteiger partial charge in [0.1, 0.15) is 0 Å². The van der Waals surface area contributed by atoms with E-state index in [0.717, 1.165) is 24.5 Å². The number of nitrogens with one attached hydrogen (secondary N) is 2. The van der Waals surface area contributed by atoms with Crippen LogP contribution in [0.3, 0.4) is 0 Å². The van der Waals surface area contributed by atoms with Crippen LogP contribution in [0.5, 0.6) is 0 Å². The lowest BCUT2D eigenvalue weighted by molar-refractivity contribution is 0.665. The minimum Gasteiger partial charge on any atom is -0.306 e. The van der Waals surface area contributed by atoms with Gasteiger partial charge in [-0.1, -0.05) is 6.07 Å². The zero-order valence-electron chi connectivity index (χ0n) is 7.77. The Morgan fingerprint density at radius 3 is 2.86 bits per heavy atom. The SMILES string of the molecule is c1ccc(CNCc2ccn[nH]2)nc1. The molecule has 0 radical (unpaired) electrons. The van der Waals surface area contributed by atoms with E-state index in [4.69, 9.17) is 0 Å². The van der Waals surface area contributed by atoms with Crippen molar-refractivity contribution in [1.82, 2.24) is 20.5 Å². The summed E-state index contributed by atoms with van der Waals surface area (Å²) in [5.74, 6) is 0. The summed E-state index contributed by atoms with van der Waals surface area (Å²) < 4.78 is 0. The zero-order valence-corrected chi connectivity index (χ0v) is 7.77. The molecule has 2 N–H and O–H groups in total. The number of aromatic amines is 1. The first-order valence-corrected chi connectivity index (χ1v) is 4.54. The van der Waals surface area contributed by atoms with E-state index < -0.39 is 0 Å². The summed E-state index contributed by atoms with van der Waals surface area (Å²) in [4.78, 5) is 4.21. The molecule has 0 aliphatic rings. The lowest BCUT2D eigenvalue weighted by Gasteiger charge is -2.01. The van der Waals surface area contributed by atoms with E-state index in [9.17, 15) is 0 Å². The molecule has 0 spiro atoms. The number of hydrogen-bond donors (Lipinski definition) is 2. The molecule has 2 rings (SSSR count). The highest BCUT2D eigenvalue weighted by atomic mass is 15.1. The van der Waals surface area contributed by atoms with Crippen LogP contribution in [0.1, 0.15) is 11.4 Å². The van der Waals surface area contributed by atoms with Gasteiger partial charge >= 0.3 is 0 Å². The van der Waals surface area contributed by atoms with Crippen molar-refractivity contribution < 1.29 is 0 Å². The summed E-state index contributed by atoms with van der Waals surface area (Å²) in [7, 11) is 0. The molecule has 0 aliphatic carbocycles. The highest BCUT2D eigenvalue weighted by Gasteiger charge is 1.94. The van der Waals surface area contributed by atoms with E-state index in [2.05, 4.69) is 20.5 Å². The van der Waals surface area contributed by atoms with Crippen LogP contribution in [-0.2, 0) is 13.1 Å². The molecule has 14 heavy (non-hydrogen) atoms. The molecule has 0 atom stereocenters. The molecule has 0 unspecified atom stereocenters. The first kappa shape index (κ1) is 8.90. The molecule has 0 saturated heterocycles. The predicted octanol–water partition coefficient (Wildman–Crippen LogP) is 1.09. The Bertz CT molecular complexity index is 355. The minimum absolute atomic E-state index is 0.778. The first-order chi connectivity index (χ1) is 6.95. The highest BCUT2D eigenvalue weighted by Crippen LogP contribution is 1.94. The maximum Gasteiger partial charge on any atom is 0.0541 e.